The minimum absolute atomic E-state index is 0.0317. The molecule has 1 aromatic carbocycles. The Hall–Kier alpha value is -3.68. The number of carbonyl (C=O) groups excluding carboxylic acids is 2. The summed E-state index contributed by atoms with van der Waals surface area (Å²) in [7, 11) is 0.0555. The summed E-state index contributed by atoms with van der Waals surface area (Å²) >= 11 is 0. The van der Waals surface area contributed by atoms with E-state index in [4.69, 9.17) is 18.9 Å². The van der Waals surface area contributed by atoms with Crippen LogP contribution in [0.25, 0.3) is 22.2 Å². The minimum atomic E-state index is -1.36. The van der Waals surface area contributed by atoms with Crippen molar-refractivity contribution < 1.29 is 38.0 Å². The summed E-state index contributed by atoms with van der Waals surface area (Å²) in [5.74, 6) is -0.0224. The van der Waals surface area contributed by atoms with Crippen molar-refractivity contribution in [3.05, 3.63) is 41.5 Å². The number of benzene rings is 1. The number of piperidine rings is 1. The van der Waals surface area contributed by atoms with Crippen molar-refractivity contribution in [3.63, 3.8) is 0 Å². The van der Waals surface area contributed by atoms with Crippen LogP contribution in [0.2, 0.25) is 25.7 Å². The van der Waals surface area contributed by atoms with Gasteiger partial charge in [-0.1, -0.05) is 19.6 Å². The van der Waals surface area contributed by atoms with Crippen LogP contribution in [-0.4, -0.2) is 90.8 Å². The molecule has 3 aromatic rings. The number of likely N-dealkylation sites (tertiary alicyclic amines) is 1. The van der Waals surface area contributed by atoms with Crippen LogP contribution in [0.15, 0.2) is 24.4 Å². The molecule has 0 radical (unpaired) electrons. The Kier molecular flexibility index (Phi) is 10.9. The van der Waals surface area contributed by atoms with Crippen LogP contribution in [0.1, 0.15) is 56.1 Å². The minimum Gasteiger partial charge on any atom is -0.494 e. The van der Waals surface area contributed by atoms with Gasteiger partial charge < -0.3 is 38.8 Å². The third-order valence-corrected chi connectivity index (χ3v) is 10.6. The largest absolute Gasteiger partial charge is 0.494 e. The van der Waals surface area contributed by atoms with Gasteiger partial charge in [0.15, 0.2) is 11.6 Å². The second-order valence-electron chi connectivity index (χ2n) is 15.4. The van der Waals surface area contributed by atoms with Gasteiger partial charge in [0.05, 0.1) is 43.5 Å². The van der Waals surface area contributed by atoms with Crippen LogP contribution in [0.3, 0.4) is 0 Å². The zero-order valence-electron chi connectivity index (χ0n) is 30.0. The van der Waals surface area contributed by atoms with Crippen LogP contribution < -0.4 is 14.8 Å². The average molecular weight is 699 g/mol. The number of aliphatic hydroxyl groups is 1. The number of carbonyl (C=O) groups is 2. The van der Waals surface area contributed by atoms with Crippen LogP contribution in [-0.2, 0) is 16.2 Å². The molecule has 2 aromatic heterocycles. The number of nitrogens with zero attached hydrogens (tertiary/aromatic N) is 3. The van der Waals surface area contributed by atoms with Crippen molar-refractivity contribution in [2.45, 2.75) is 97.1 Å². The third-order valence-electron chi connectivity index (χ3n) is 8.91. The Labute approximate surface area is 289 Å². The maximum absolute atomic E-state index is 15.0. The molecule has 1 saturated carbocycles. The lowest BCUT2D eigenvalue weighted by molar-refractivity contribution is -0.00408. The van der Waals surface area contributed by atoms with Gasteiger partial charge >= 0.3 is 6.09 Å². The molecule has 2 atom stereocenters. The van der Waals surface area contributed by atoms with Crippen molar-refractivity contribution in [1.82, 2.24) is 19.8 Å². The predicted octanol–water partition coefficient (Wildman–Crippen LogP) is 6.36. The molecule has 2 amide bonds. The van der Waals surface area contributed by atoms with E-state index in [2.05, 4.69) is 29.9 Å². The monoisotopic (exact) mass is 698 g/mol. The molecule has 2 aliphatic rings. The molecule has 1 saturated heterocycles. The molecule has 1 aliphatic carbocycles. The lowest BCUT2D eigenvalue weighted by Crippen LogP contribution is -2.56. The first-order valence-electron chi connectivity index (χ1n) is 17.1. The lowest BCUT2D eigenvalue weighted by Gasteiger charge is -2.36. The Morgan fingerprint density at radius 1 is 1.12 bits per heavy atom. The number of fused-ring (bicyclic) bond motifs is 1. The summed E-state index contributed by atoms with van der Waals surface area (Å²) in [5.41, 5.74) is 2.71. The molecule has 2 fully saturated rings. The SMILES string of the molecule is COc1cc(-c2ccnc3c(C(=O)N[C@@H]4CCN(C(=O)OC(C)(C)C)C[C@H]4O)c(C)n(COCC[Si](C)(C)C)c23)c(OCC2CC2)cc1F. The number of aliphatic hydroxyl groups excluding tert-OH is 1. The summed E-state index contributed by atoms with van der Waals surface area (Å²) in [6, 6.07) is 5.18. The summed E-state index contributed by atoms with van der Waals surface area (Å²) in [5, 5.41) is 14.0. The van der Waals surface area contributed by atoms with E-state index in [9.17, 15) is 14.7 Å². The van der Waals surface area contributed by atoms with Crippen LogP contribution in [0.5, 0.6) is 11.5 Å². The van der Waals surface area contributed by atoms with Crippen molar-refractivity contribution in [3.8, 4) is 22.6 Å². The molecule has 11 nitrogen and oxygen atoms in total. The molecule has 2 N–H and O–H groups in total. The molecular formula is C36H51FN4O7Si. The maximum Gasteiger partial charge on any atom is 0.410 e. The van der Waals surface area contributed by atoms with E-state index in [-0.39, 0.29) is 19.0 Å². The Balaban J connectivity index is 1.50. The summed E-state index contributed by atoms with van der Waals surface area (Å²) in [6.45, 7) is 15.6. The van der Waals surface area contributed by atoms with Gasteiger partial charge in [0, 0.05) is 50.3 Å². The van der Waals surface area contributed by atoms with Crippen molar-refractivity contribution in [1.29, 1.82) is 0 Å². The smallest absolute Gasteiger partial charge is 0.410 e. The number of rotatable bonds is 12. The normalized spacial score (nSPS) is 18.4. The maximum atomic E-state index is 15.0. The van der Waals surface area contributed by atoms with Gasteiger partial charge in [-0.3, -0.25) is 9.78 Å². The predicted molar refractivity (Wildman–Crippen MR) is 188 cm³/mol. The highest BCUT2D eigenvalue weighted by molar-refractivity contribution is 6.76. The van der Waals surface area contributed by atoms with Crippen molar-refractivity contribution in [2.24, 2.45) is 5.92 Å². The molecule has 0 spiro atoms. The third kappa shape index (κ3) is 8.92. The average Bonchev–Trinajstić information content (AvgIpc) is 3.80. The molecule has 0 bridgehead atoms. The fourth-order valence-electron chi connectivity index (χ4n) is 5.92. The number of ether oxygens (including phenoxy) is 4. The highest BCUT2D eigenvalue weighted by Crippen LogP contribution is 2.41. The first kappa shape index (κ1) is 36.6. The zero-order chi connectivity index (χ0) is 35.7. The van der Waals surface area contributed by atoms with Gasteiger partial charge in [0.25, 0.3) is 5.91 Å². The summed E-state index contributed by atoms with van der Waals surface area (Å²) in [4.78, 5) is 32.9. The summed E-state index contributed by atoms with van der Waals surface area (Å²) in [6.07, 6.45) is 2.64. The molecular weight excluding hydrogens is 648 g/mol. The van der Waals surface area contributed by atoms with Crippen LogP contribution >= 0.6 is 0 Å². The number of nitrogens with one attached hydrogen (secondary N) is 1. The Morgan fingerprint density at radius 2 is 1.86 bits per heavy atom. The van der Waals surface area contributed by atoms with Gasteiger partial charge in [-0.2, -0.15) is 0 Å². The van der Waals surface area contributed by atoms with Crippen LogP contribution in [0.4, 0.5) is 9.18 Å². The van der Waals surface area contributed by atoms with E-state index in [0.29, 0.717) is 71.3 Å². The quantitative estimate of drug-likeness (QED) is 0.166. The molecule has 13 heteroatoms. The molecule has 268 valence electrons. The van der Waals surface area contributed by atoms with Gasteiger partial charge in [-0.05, 0) is 71.1 Å². The number of hydrogen-bond acceptors (Lipinski definition) is 8. The first-order chi connectivity index (χ1) is 23.1. The number of pyridine rings is 1. The van der Waals surface area contributed by atoms with E-state index in [1.165, 1.54) is 18.1 Å². The number of amides is 2. The number of β-amino-alcohol motifs (C(OH)–C–C–N with tert-alkyl or cyclic N) is 1. The highest BCUT2D eigenvalue weighted by atomic mass is 28.3. The highest BCUT2D eigenvalue weighted by Gasteiger charge is 2.35. The molecule has 49 heavy (non-hydrogen) atoms. The van der Waals surface area contributed by atoms with Crippen molar-refractivity contribution >= 4 is 31.1 Å². The van der Waals surface area contributed by atoms with E-state index < -0.39 is 43.6 Å². The van der Waals surface area contributed by atoms with E-state index in [1.807, 2.05) is 17.6 Å². The number of halogens is 1. The first-order valence-corrected chi connectivity index (χ1v) is 20.8. The standard InChI is InChI=1S/C36H51FN4O7Si/c1-22-31(34(43)39-27-12-14-40(19-28(27)42)35(44)48-36(2,3)4)32-33(41(22)21-46-15-16-49(6,7)8)24(11-13-38-32)25-17-30(45-5)26(37)18-29(25)47-20-23-9-10-23/h11,13,17-18,23,27-28,42H,9-10,12,14-16,19-21H2,1-8H3,(H,39,43)/t27-,28-/m1/s1. The summed E-state index contributed by atoms with van der Waals surface area (Å²) < 4.78 is 40.2. The number of hydrogen-bond donors (Lipinski definition) is 2. The zero-order valence-corrected chi connectivity index (χ0v) is 31.0. The fourth-order valence-corrected chi connectivity index (χ4v) is 6.67. The fraction of sp³-hybridized carbons (Fsp3) is 0.583. The second-order valence-corrected chi connectivity index (χ2v) is 21.0. The number of methoxy groups -OCH3 is 1. The number of aromatic nitrogens is 2. The van der Waals surface area contributed by atoms with Gasteiger partial charge in [-0.25, -0.2) is 9.18 Å². The van der Waals surface area contributed by atoms with E-state index in [1.54, 1.807) is 33.0 Å². The van der Waals surface area contributed by atoms with Crippen molar-refractivity contribution in [2.75, 3.05) is 33.4 Å². The van der Waals surface area contributed by atoms with Crippen LogP contribution in [0, 0.1) is 18.7 Å². The molecule has 1 aliphatic heterocycles. The van der Waals surface area contributed by atoms with Gasteiger partial charge in [-0.15, -0.1) is 0 Å². The van der Waals surface area contributed by atoms with Gasteiger partial charge in [0.2, 0.25) is 0 Å². The van der Waals surface area contributed by atoms with E-state index >= 15 is 4.39 Å². The Bertz CT molecular complexity index is 1680. The molecule has 0 unspecified atom stereocenters. The topological polar surface area (TPSA) is 124 Å². The van der Waals surface area contributed by atoms with Gasteiger partial charge in [0.1, 0.15) is 23.6 Å². The Morgan fingerprint density at radius 3 is 2.49 bits per heavy atom. The van der Waals surface area contributed by atoms with E-state index in [0.717, 1.165) is 18.9 Å². The lowest BCUT2D eigenvalue weighted by atomic mass is 10.0. The molecule has 5 rings (SSSR count). The molecule has 3 heterocycles. The second kappa shape index (κ2) is 14.7.